The Morgan fingerprint density at radius 3 is 2.63 bits per heavy atom. The van der Waals surface area contributed by atoms with Crippen LogP contribution in [-0.4, -0.2) is 49.8 Å². The number of morpholine rings is 1. The standard InChI is InChI=1S/C16H34N2O/c1-14(2)12-18-10-11-19-16(13-18)8-6-5-7-9-17-15(3)4/h14-17H,5-13H2,1-4H3. The van der Waals surface area contributed by atoms with Crippen molar-refractivity contribution in [3.63, 3.8) is 0 Å². The van der Waals surface area contributed by atoms with Crippen molar-refractivity contribution < 1.29 is 4.74 Å². The summed E-state index contributed by atoms with van der Waals surface area (Å²) < 4.78 is 5.88. The molecule has 19 heavy (non-hydrogen) atoms. The molecule has 0 aromatic carbocycles. The van der Waals surface area contributed by atoms with E-state index >= 15 is 0 Å². The highest BCUT2D eigenvalue weighted by Crippen LogP contribution is 2.13. The molecule has 0 spiro atoms. The molecule has 0 aromatic rings. The van der Waals surface area contributed by atoms with Gasteiger partial charge in [-0.2, -0.15) is 0 Å². The van der Waals surface area contributed by atoms with Gasteiger partial charge in [0.15, 0.2) is 0 Å². The molecular formula is C16H34N2O. The van der Waals surface area contributed by atoms with Crippen LogP contribution in [0.3, 0.4) is 0 Å². The molecule has 1 unspecified atom stereocenters. The van der Waals surface area contributed by atoms with Crippen LogP contribution in [0.2, 0.25) is 0 Å². The number of ether oxygens (including phenoxy) is 1. The molecule has 0 amide bonds. The largest absolute Gasteiger partial charge is 0.376 e. The van der Waals surface area contributed by atoms with Crippen LogP contribution in [0.1, 0.15) is 53.4 Å². The predicted octanol–water partition coefficient (Wildman–Crippen LogP) is 2.90. The van der Waals surface area contributed by atoms with E-state index in [2.05, 4.69) is 37.9 Å². The summed E-state index contributed by atoms with van der Waals surface area (Å²) in [6.07, 6.45) is 5.63. The minimum atomic E-state index is 0.477. The third kappa shape index (κ3) is 8.61. The van der Waals surface area contributed by atoms with Gasteiger partial charge in [-0.1, -0.05) is 40.5 Å². The SMILES string of the molecule is CC(C)CN1CCOC(CCCCCNC(C)C)C1. The zero-order valence-corrected chi connectivity index (χ0v) is 13.5. The lowest BCUT2D eigenvalue weighted by molar-refractivity contribution is -0.0360. The van der Waals surface area contributed by atoms with Gasteiger partial charge in [-0.05, 0) is 25.3 Å². The summed E-state index contributed by atoms with van der Waals surface area (Å²) >= 11 is 0. The quantitative estimate of drug-likeness (QED) is 0.652. The van der Waals surface area contributed by atoms with Gasteiger partial charge in [0.25, 0.3) is 0 Å². The number of unbranched alkanes of at least 4 members (excludes halogenated alkanes) is 2. The molecule has 114 valence electrons. The van der Waals surface area contributed by atoms with Crippen LogP contribution in [0.4, 0.5) is 0 Å². The van der Waals surface area contributed by atoms with Crippen molar-refractivity contribution in [2.24, 2.45) is 5.92 Å². The average molecular weight is 270 g/mol. The molecule has 0 aliphatic carbocycles. The van der Waals surface area contributed by atoms with Crippen LogP contribution < -0.4 is 5.32 Å². The second kappa shape index (κ2) is 9.73. The van der Waals surface area contributed by atoms with Crippen molar-refractivity contribution in [2.75, 3.05) is 32.8 Å². The van der Waals surface area contributed by atoms with Crippen molar-refractivity contribution >= 4 is 0 Å². The summed E-state index contributed by atoms with van der Waals surface area (Å²) in [6.45, 7) is 14.6. The number of hydrogen-bond acceptors (Lipinski definition) is 3. The first-order valence-corrected chi connectivity index (χ1v) is 8.15. The minimum Gasteiger partial charge on any atom is -0.376 e. The molecule has 0 bridgehead atoms. The fraction of sp³-hybridized carbons (Fsp3) is 1.00. The fourth-order valence-corrected chi connectivity index (χ4v) is 2.70. The monoisotopic (exact) mass is 270 g/mol. The molecule has 0 radical (unpaired) electrons. The van der Waals surface area contributed by atoms with Crippen molar-refractivity contribution in [3.05, 3.63) is 0 Å². The molecular weight excluding hydrogens is 236 g/mol. The van der Waals surface area contributed by atoms with Crippen LogP contribution in [0.15, 0.2) is 0 Å². The van der Waals surface area contributed by atoms with Gasteiger partial charge in [0.2, 0.25) is 0 Å². The first-order valence-electron chi connectivity index (χ1n) is 8.15. The van der Waals surface area contributed by atoms with E-state index in [0.717, 1.165) is 32.2 Å². The van der Waals surface area contributed by atoms with Crippen molar-refractivity contribution in [1.29, 1.82) is 0 Å². The molecule has 3 nitrogen and oxygen atoms in total. The Bertz CT molecular complexity index is 219. The van der Waals surface area contributed by atoms with Crippen molar-refractivity contribution in [1.82, 2.24) is 10.2 Å². The van der Waals surface area contributed by atoms with Crippen molar-refractivity contribution in [3.8, 4) is 0 Å². The minimum absolute atomic E-state index is 0.477. The summed E-state index contributed by atoms with van der Waals surface area (Å²) in [5.74, 6) is 0.765. The summed E-state index contributed by atoms with van der Waals surface area (Å²) in [7, 11) is 0. The third-order valence-corrected chi connectivity index (χ3v) is 3.60. The normalized spacial score (nSPS) is 21.5. The molecule has 0 aromatic heterocycles. The van der Waals surface area contributed by atoms with Crippen molar-refractivity contribution in [2.45, 2.75) is 65.5 Å². The van der Waals surface area contributed by atoms with E-state index in [0.29, 0.717) is 12.1 Å². The maximum absolute atomic E-state index is 5.88. The van der Waals surface area contributed by atoms with E-state index in [9.17, 15) is 0 Å². The zero-order chi connectivity index (χ0) is 14.1. The second-order valence-electron chi connectivity index (χ2n) is 6.60. The lowest BCUT2D eigenvalue weighted by atomic mass is 10.1. The smallest absolute Gasteiger partial charge is 0.0702 e. The highest BCUT2D eigenvalue weighted by atomic mass is 16.5. The van der Waals surface area contributed by atoms with Gasteiger partial charge in [-0.15, -0.1) is 0 Å². The fourth-order valence-electron chi connectivity index (χ4n) is 2.70. The van der Waals surface area contributed by atoms with E-state index in [4.69, 9.17) is 4.74 Å². The lowest BCUT2D eigenvalue weighted by Gasteiger charge is -2.34. The Balaban J connectivity index is 2.02. The Kier molecular flexibility index (Phi) is 8.67. The zero-order valence-electron chi connectivity index (χ0n) is 13.5. The first-order chi connectivity index (χ1) is 9.08. The topological polar surface area (TPSA) is 24.5 Å². The van der Waals surface area contributed by atoms with Gasteiger partial charge in [-0.3, -0.25) is 4.90 Å². The molecule has 1 aliphatic rings. The van der Waals surface area contributed by atoms with E-state index in [1.807, 2.05) is 0 Å². The Hall–Kier alpha value is -0.120. The third-order valence-electron chi connectivity index (χ3n) is 3.60. The summed E-state index contributed by atoms with van der Waals surface area (Å²) in [5, 5.41) is 3.47. The highest BCUT2D eigenvalue weighted by molar-refractivity contribution is 4.72. The molecule has 1 N–H and O–H groups in total. The Labute approximate surface area is 120 Å². The summed E-state index contributed by atoms with van der Waals surface area (Å²) in [5.41, 5.74) is 0. The number of nitrogens with zero attached hydrogens (tertiary/aromatic N) is 1. The molecule has 1 aliphatic heterocycles. The Morgan fingerprint density at radius 2 is 1.95 bits per heavy atom. The molecule has 1 atom stereocenters. The Morgan fingerprint density at radius 1 is 1.16 bits per heavy atom. The maximum Gasteiger partial charge on any atom is 0.0702 e. The van der Waals surface area contributed by atoms with Crippen LogP contribution in [0, 0.1) is 5.92 Å². The van der Waals surface area contributed by atoms with Crippen LogP contribution in [0.25, 0.3) is 0 Å². The molecule has 3 heteroatoms. The molecule has 1 rings (SSSR count). The van der Waals surface area contributed by atoms with Crippen LogP contribution >= 0.6 is 0 Å². The van der Waals surface area contributed by atoms with Crippen LogP contribution in [0.5, 0.6) is 0 Å². The van der Waals surface area contributed by atoms with Gasteiger partial charge in [0.05, 0.1) is 12.7 Å². The second-order valence-corrected chi connectivity index (χ2v) is 6.60. The van der Waals surface area contributed by atoms with Gasteiger partial charge < -0.3 is 10.1 Å². The maximum atomic E-state index is 5.88. The number of rotatable bonds is 9. The van der Waals surface area contributed by atoms with E-state index in [-0.39, 0.29) is 0 Å². The molecule has 1 saturated heterocycles. The molecule has 1 fully saturated rings. The lowest BCUT2D eigenvalue weighted by Crippen LogP contribution is -2.43. The van der Waals surface area contributed by atoms with Crippen LogP contribution in [-0.2, 0) is 4.74 Å². The highest BCUT2D eigenvalue weighted by Gasteiger charge is 2.20. The molecule has 0 saturated carbocycles. The van der Waals surface area contributed by atoms with Gasteiger partial charge in [0.1, 0.15) is 0 Å². The van der Waals surface area contributed by atoms with E-state index in [1.54, 1.807) is 0 Å². The van der Waals surface area contributed by atoms with Gasteiger partial charge >= 0.3 is 0 Å². The van der Waals surface area contributed by atoms with E-state index in [1.165, 1.54) is 32.2 Å². The number of hydrogen-bond donors (Lipinski definition) is 1. The van der Waals surface area contributed by atoms with Gasteiger partial charge in [-0.25, -0.2) is 0 Å². The number of nitrogens with one attached hydrogen (secondary N) is 1. The average Bonchev–Trinajstić information content (AvgIpc) is 2.33. The summed E-state index contributed by atoms with van der Waals surface area (Å²) in [6, 6.07) is 0.617. The first kappa shape index (κ1) is 16.9. The van der Waals surface area contributed by atoms with Gasteiger partial charge in [0, 0.05) is 25.7 Å². The summed E-state index contributed by atoms with van der Waals surface area (Å²) in [4.78, 5) is 2.57. The predicted molar refractivity (Wildman–Crippen MR) is 82.6 cm³/mol. The van der Waals surface area contributed by atoms with E-state index < -0.39 is 0 Å². The molecule has 1 heterocycles.